The van der Waals surface area contributed by atoms with Crippen molar-refractivity contribution in [1.29, 1.82) is 0 Å². The molecule has 0 radical (unpaired) electrons. The van der Waals surface area contributed by atoms with Gasteiger partial charge < -0.3 is 10.2 Å². The van der Waals surface area contributed by atoms with E-state index in [1.54, 1.807) is 4.90 Å². The molecule has 0 atom stereocenters. The highest BCUT2D eigenvalue weighted by molar-refractivity contribution is 6.18. The van der Waals surface area contributed by atoms with Gasteiger partial charge in [-0.05, 0) is 12.8 Å². The average Bonchev–Trinajstić information content (AvgIpc) is 2.66. The van der Waals surface area contributed by atoms with Gasteiger partial charge in [0.2, 0.25) is 11.8 Å². The third kappa shape index (κ3) is 17.1. The summed E-state index contributed by atoms with van der Waals surface area (Å²) in [5.74, 6) is 0.699. The fourth-order valence-electron chi connectivity index (χ4n) is 3.16. The van der Waals surface area contributed by atoms with Gasteiger partial charge in [0.25, 0.3) is 0 Å². The second kappa shape index (κ2) is 20.0. The van der Waals surface area contributed by atoms with E-state index in [0.29, 0.717) is 38.4 Å². The molecule has 0 rings (SSSR count). The van der Waals surface area contributed by atoms with Crippen molar-refractivity contribution in [3.05, 3.63) is 0 Å². The van der Waals surface area contributed by atoms with Crippen molar-refractivity contribution in [2.75, 3.05) is 25.5 Å². The number of carbonyl (C=O) groups is 2. The lowest BCUT2D eigenvalue weighted by Crippen LogP contribution is -2.39. The van der Waals surface area contributed by atoms with Crippen LogP contribution >= 0.6 is 11.6 Å². The lowest BCUT2D eigenvalue weighted by atomic mass is 10.1. The molecule has 0 aromatic heterocycles. The number of unbranched alkanes of at least 4 members (excludes halogenated alkanes) is 10. The first-order valence-corrected chi connectivity index (χ1v) is 11.8. The summed E-state index contributed by atoms with van der Waals surface area (Å²) < 4.78 is 0. The number of hydrogen-bond donors (Lipinski definition) is 1. The van der Waals surface area contributed by atoms with E-state index in [4.69, 9.17) is 11.6 Å². The van der Waals surface area contributed by atoms with Gasteiger partial charge in [-0.1, -0.05) is 78.1 Å². The minimum atomic E-state index is 0.0969. The van der Waals surface area contributed by atoms with Crippen LogP contribution in [0, 0.1) is 0 Å². The van der Waals surface area contributed by atoms with Gasteiger partial charge in [-0.25, -0.2) is 0 Å². The molecular weight excluding hydrogens is 360 g/mol. The number of hydrogen-bond acceptors (Lipinski definition) is 2. The van der Waals surface area contributed by atoms with E-state index in [-0.39, 0.29) is 11.8 Å². The van der Waals surface area contributed by atoms with E-state index in [2.05, 4.69) is 19.2 Å². The van der Waals surface area contributed by atoms with Crippen molar-refractivity contribution >= 4 is 23.4 Å². The molecule has 27 heavy (non-hydrogen) atoms. The number of rotatable bonds is 19. The average molecular weight is 403 g/mol. The predicted molar refractivity (Wildman–Crippen MR) is 116 cm³/mol. The first-order valence-electron chi connectivity index (χ1n) is 11.3. The van der Waals surface area contributed by atoms with Crippen LogP contribution in [-0.4, -0.2) is 42.2 Å². The smallest absolute Gasteiger partial charge is 0.222 e. The highest BCUT2D eigenvalue weighted by Gasteiger charge is 2.12. The Morgan fingerprint density at radius 3 is 1.81 bits per heavy atom. The van der Waals surface area contributed by atoms with E-state index in [1.807, 2.05) is 0 Å². The molecule has 0 aromatic rings. The molecule has 0 aliphatic rings. The van der Waals surface area contributed by atoms with Gasteiger partial charge in [0.15, 0.2) is 0 Å². The van der Waals surface area contributed by atoms with Gasteiger partial charge in [-0.3, -0.25) is 9.59 Å². The van der Waals surface area contributed by atoms with Crippen LogP contribution in [0.1, 0.15) is 104 Å². The molecule has 0 unspecified atom stereocenters. The Kier molecular flexibility index (Phi) is 19.4. The third-order valence-corrected chi connectivity index (χ3v) is 5.08. The zero-order valence-corrected chi connectivity index (χ0v) is 18.6. The Morgan fingerprint density at radius 1 is 0.741 bits per heavy atom. The molecule has 0 spiro atoms. The van der Waals surface area contributed by atoms with Gasteiger partial charge in [-0.15, -0.1) is 11.6 Å². The van der Waals surface area contributed by atoms with Crippen LogP contribution in [0.15, 0.2) is 0 Å². The Hall–Kier alpha value is -0.770. The molecular formula is C22H43ClN2O2. The van der Waals surface area contributed by atoms with Crippen LogP contribution in [0.5, 0.6) is 0 Å². The molecule has 0 saturated heterocycles. The molecule has 0 aliphatic heterocycles. The lowest BCUT2D eigenvalue weighted by Gasteiger charge is -2.22. The summed E-state index contributed by atoms with van der Waals surface area (Å²) in [5, 5.41) is 2.94. The number of amides is 2. The molecule has 1 N–H and O–H groups in total. The molecule has 2 amide bonds. The summed E-state index contributed by atoms with van der Waals surface area (Å²) in [5.41, 5.74) is 0. The Bertz CT molecular complexity index is 364. The normalized spacial score (nSPS) is 10.8. The standard InChI is InChI=1S/C22H43ClN2O2/c1-3-5-7-9-11-13-15-21(26)24-18-20-25(19-17-23)22(27)16-14-12-10-8-6-4-2/h3-20H2,1-2H3,(H,24,26). The molecule has 160 valence electrons. The second-order valence-corrected chi connectivity index (χ2v) is 7.83. The highest BCUT2D eigenvalue weighted by atomic mass is 35.5. The van der Waals surface area contributed by atoms with Crippen LogP contribution in [-0.2, 0) is 9.59 Å². The van der Waals surface area contributed by atoms with Gasteiger partial charge >= 0.3 is 0 Å². The maximum atomic E-state index is 12.3. The molecule has 5 heteroatoms. The summed E-state index contributed by atoms with van der Waals surface area (Å²) in [6, 6.07) is 0. The molecule has 4 nitrogen and oxygen atoms in total. The fourth-order valence-corrected chi connectivity index (χ4v) is 3.37. The van der Waals surface area contributed by atoms with Crippen LogP contribution in [0.3, 0.4) is 0 Å². The minimum Gasteiger partial charge on any atom is -0.354 e. The van der Waals surface area contributed by atoms with Gasteiger partial charge in [0.1, 0.15) is 0 Å². The summed E-state index contributed by atoms with van der Waals surface area (Å²) in [4.78, 5) is 26.0. The van der Waals surface area contributed by atoms with Crippen LogP contribution in [0.25, 0.3) is 0 Å². The van der Waals surface area contributed by atoms with Crippen LogP contribution in [0.2, 0.25) is 0 Å². The van der Waals surface area contributed by atoms with Crippen molar-refractivity contribution in [3.63, 3.8) is 0 Å². The maximum absolute atomic E-state index is 12.3. The Morgan fingerprint density at radius 2 is 1.26 bits per heavy atom. The van der Waals surface area contributed by atoms with Gasteiger partial charge in [0.05, 0.1) is 0 Å². The SMILES string of the molecule is CCCCCCCCC(=O)NCCN(CCCl)C(=O)CCCCCCCC. The molecule has 0 aromatic carbocycles. The van der Waals surface area contributed by atoms with Gasteiger partial charge in [-0.2, -0.15) is 0 Å². The number of nitrogens with zero attached hydrogens (tertiary/aromatic N) is 1. The predicted octanol–water partition coefficient (Wildman–Crippen LogP) is 5.67. The van der Waals surface area contributed by atoms with E-state index in [0.717, 1.165) is 25.7 Å². The van der Waals surface area contributed by atoms with Crippen molar-refractivity contribution in [2.24, 2.45) is 0 Å². The van der Waals surface area contributed by atoms with Crippen molar-refractivity contribution in [1.82, 2.24) is 10.2 Å². The maximum Gasteiger partial charge on any atom is 0.222 e. The zero-order chi connectivity index (χ0) is 20.2. The van der Waals surface area contributed by atoms with E-state index in [1.165, 1.54) is 51.4 Å². The summed E-state index contributed by atoms with van der Waals surface area (Å²) in [6.07, 6.45) is 15.4. The molecule has 0 bridgehead atoms. The van der Waals surface area contributed by atoms with Crippen molar-refractivity contribution in [3.8, 4) is 0 Å². The topological polar surface area (TPSA) is 49.4 Å². The van der Waals surface area contributed by atoms with E-state index < -0.39 is 0 Å². The molecule has 0 heterocycles. The number of alkyl halides is 1. The first-order chi connectivity index (χ1) is 13.2. The fraction of sp³-hybridized carbons (Fsp3) is 0.909. The largest absolute Gasteiger partial charge is 0.354 e. The lowest BCUT2D eigenvalue weighted by molar-refractivity contribution is -0.131. The van der Waals surface area contributed by atoms with Crippen LogP contribution < -0.4 is 5.32 Å². The third-order valence-electron chi connectivity index (χ3n) is 4.91. The molecule has 0 fully saturated rings. The quantitative estimate of drug-likeness (QED) is 0.223. The summed E-state index contributed by atoms with van der Waals surface area (Å²) >= 11 is 5.84. The molecule has 0 saturated carbocycles. The second-order valence-electron chi connectivity index (χ2n) is 7.46. The zero-order valence-electron chi connectivity index (χ0n) is 17.9. The molecule has 0 aliphatic carbocycles. The summed E-state index contributed by atoms with van der Waals surface area (Å²) in [6.45, 7) is 6.06. The monoisotopic (exact) mass is 402 g/mol. The van der Waals surface area contributed by atoms with Crippen LogP contribution in [0.4, 0.5) is 0 Å². The van der Waals surface area contributed by atoms with Crippen molar-refractivity contribution < 1.29 is 9.59 Å². The van der Waals surface area contributed by atoms with E-state index in [9.17, 15) is 9.59 Å². The highest BCUT2D eigenvalue weighted by Crippen LogP contribution is 2.09. The summed E-state index contributed by atoms with van der Waals surface area (Å²) in [7, 11) is 0. The van der Waals surface area contributed by atoms with E-state index >= 15 is 0 Å². The Labute approximate surface area is 172 Å². The number of nitrogens with one attached hydrogen (secondary N) is 1. The van der Waals surface area contributed by atoms with Gasteiger partial charge in [0, 0.05) is 38.4 Å². The Balaban J connectivity index is 3.82. The minimum absolute atomic E-state index is 0.0969. The first kappa shape index (κ1) is 26.2. The number of halogens is 1. The number of carbonyl (C=O) groups excluding carboxylic acids is 2. The van der Waals surface area contributed by atoms with Crippen molar-refractivity contribution in [2.45, 2.75) is 104 Å².